The van der Waals surface area contributed by atoms with E-state index in [1.807, 2.05) is 27.0 Å². The number of hydrogen-bond acceptors (Lipinski definition) is 4. The van der Waals surface area contributed by atoms with Gasteiger partial charge in [-0.2, -0.15) is 4.31 Å². The average molecular weight is 311 g/mol. The zero-order valence-corrected chi connectivity index (χ0v) is 13.9. The van der Waals surface area contributed by atoms with Crippen molar-refractivity contribution in [1.82, 2.24) is 9.21 Å². The van der Waals surface area contributed by atoms with E-state index in [9.17, 15) is 8.42 Å². The average Bonchev–Trinajstić information content (AvgIpc) is 2.59. The number of rotatable bonds is 3. The summed E-state index contributed by atoms with van der Waals surface area (Å²) in [6.45, 7) is 6.53. The molecule has 0 bridgehead atoms. The Morgan fingerprint density at radius 2 is 2.05 bits per heavy atom. The lowest BCUT2D eigenvalue weighted by Gasteiger charge is -2.27. The molecule has 1 heterocycles. The highest BCUT2D eigenvalue weighted by molar-refractivity contribution is 7.89. The smallest absolute Gasteiger partial charge is 0.243 e. The molecule has 0 saturated carbocycles. The number of sulfonamides is 1. The van der Waals surface area contributed by atoms with Crippen molar-refractivity contribution in [2.24, 2.45) is 5.73 Å². The van der Waals surface area contributed by atoms with Crippen LogP contribution in [0.15, 0.2) is 23.1 Å². The van der Waals surface area contributed by atoms with Crippen molar-refractivity contribution >= 4 is 10.0 Å². The van der Waals surface area contributed by atoms with Crippen LogP contribution >= 0.6 is 0 Å². The molecular formula is C15H25N3O2S. The Balaban J connectivity index is 2.36. The maximum Gasteiger partial charge on any atom is 0.243 e. The van der Waals surface area contributed by atoms with Crippen LogP contribution in [-0.4, -0.2) is 50.3 Å². The normalized spacial score (nSPS) is 22.2. The Bertz CT molecular complexity index is 601. The summed E-state index contributed by atoms with van der Waals surface area (Å²) in [5, 5.41) is 0. The first-order valence-corrected chi connectivity index (χ1v) is 8.80. The van der Waals surface area contributed by atoms with Crippen LogP contribution in [0, 0.1) is 6.92 Å². The van der Waals surface area contributed by atoms with Crippen molar-refractivity contribution < 1.29 is 8.42 Å². The maximum absolute atomic E-state index is 12.9. The Morgan fingerprint density at radius 1 is 1.33 bits per heavy atom. The summed E-state index contributed by atoms with van der Waals surface area (Å²) in [7, 11) is -1.42. The molecule has 0 radical (unpaired) electrons. The SMILES string of the molecule is Cc1ccc(S(=O)(=O)N2CCCN(C)CC2C)cc1CN. The molecule has 1 aliphatic rings. The molecule has 0 amide bonds. The lowest BCUT2D eigenvalue weighted by Crippen LogP contribution is -2.41. The van der Waals surface area contributed by atoms with Gasteiger partial charge in [0.05, 0.1) is 4.90 Å². The lowest BCUT2D eigenvalue weighted by molar-refractivity contribution is 0.290. The number of nitrogens with two attached hydrogens (primary N) is 1. The molecule has 0 spiro atoms. The van der Waals surface area contributed by atoms with E-state index in [-0.39, 0.29) is 6.04 Å². The fourth-order valence-corrected chi connectivity index (χ4v) is 4.58. The highest BCUT2D eigenvalue weighted by Crippen LogP contribution is 2.23. The van der Waals surface area contributed by atoms with Gasteiger partial charge in [0.25, 0.3) is 0 Å². The Labute approximate surface area is 127 Å². The van der Waals surface area contributed by atoms with Gasteiger partial charge in [0.2, 0.25) is 10.0 Å². The topological polar surface area (TPSA) is 66.6 Å². The largest absolute Gasteiger partial charge is 0.326 e. The molecule has 2 N–H and O–H groups in total. The van der Waals surface area contributed by atoms with Gasteiger partial charge in [-0.1, -0.05) is 6.07 Å². The zero-order valence-electron chi connectivity index (χ0n) is 13.0. The van der Waals surface area contributed by atoms with Crippen LogP contribution in [0.3, 0.4) is 0 Å². The van der Waals surface area contributed by atoms with E-state index < -0.39 is 10.0 Å². The summed E-state index contributed by atoms with van der Waals surface area (Å²) in [4.78, 5) is 2.53. The lowest BCUT2D eigenvalue weighted by atomic mass is 10.1. The van der Waals surface area contributed by atoms with Gasteiger partial charge in [0, 0.05) is 25.7 Å². The molecule has 5 nitrogen and oxygen atoms in total. The van der Waals surface area contributed by atoms with Crippen molar-refractivity contribution in [2.45, 2.75) is 37.8 Å². The van der Waals surface area contributed by atoms with Crippen molar-refractivity contribution in [1.29, 1.82) is 0 Å². The molecule has 1 aliphatic heterocycles. The van der Waals surface area contributed by atoms with Crippen LogP contribution in [0.25, 0.3) is 0 Å². The molecule has 118 valence electrons. The van der Waals surface area contributed by atoms with Gasteiger partial charge in [0.15, 0.2) is 0 Å². The van der Waals surface area contributed by atoms with Crippen molar-refractivity contribution in [2.75, 3.05) is 26.7 Å². The molecule has 21 heavy (non-hydrogen) atoms. The predicted octanol–water partition coefficient (Wildman–Crippen LogP) is 1.17. The third kappa shape index (κ3) is 3.45. The summed E-state index contributed by atoms with van der Waals surface area (Å²) < 4.78 is 27.4. The standard InChI is InChI=1S/C15H25N3O2S/c1-12-5-6-15(9-14(12)10-16)21(19,20)18-8-4-7-17(3)11-13(18)2/h5-6,9,13H,4,7-8,10-11,16H2,1-3H3. The van der Waals surface area contributed by atoms with Crippen LogP contribution in [0.2, 0.25) is 0 Å². The van der Waals surface area contributed by atoms with Crippen molar-refractivity contribution in [3.05, 3.63) is 29.3 Å². The molecule has 1 unspecified atom stereocenters. The summed E-state index contributed by atoms with van der Waals surface area (Å²) in [6.07, 6.45) is 0.857. The van der Waals surface area contributed by atoms with Gasteiger partial charge in [-0.3, -0.25) is 0 Å². The van der Waals surface area contributed by atoms with Gasteiger partial charge >= 0.3 is 0 Å². The van der Waals surface area contributed by atoms with Crippen molar-refractivity contribution in [3.63, 3.8) is 0 Å². The van der Waals surface area contributed by atoms with Crippen LogP contribution in [0.4, 0.5) is 0 Å². The number of hydrogen-bond donors (Lipinski definition) is 1. The number of nitrogens with zero attached hydrogens (tertiary/aromatic N) is 2. The quantitative estimate of drug-likeness (QED) is 0.910. The zero-order chi connectivity index (χ0) is 15.6. The van der Waals surface area contributed by atoms with Gasteiger partial charge in [0.1, 0.15) is 0 Å². The Morgan fingerprint density at radius 3 is 2.71 bits per heavy atom. The molecule has 1 saturated heterocycles. The second-order valence-corrected chi connectivity index (χ2v) is 7.76. The molecule has 0 aromatic heterocycles. The second kappa shape index (κ2) is 6.44. The molecule has 1 aromatic carbocycles. The predicted molar refractivity (Wildman–Crippen MR) is 84.5 cm³/mol. The van der Waals surface area contributed by atoms with Crippen LogP contribution < -0.4 is 5.73 Å². The van der Waals surface area contributed by atoms with E-state index in [1.54, 1.807) is 16.4 Å². The first kappa shape index (κ1) is 16.4. The minimum atomic E-state index is -3.46. The second-order valence-electron chi connectivity index (χ2n) is 5.87. The fraction of sp³-hybridized carbons (Fsp3) is 0.600. The molecule has 1 aromatic rings. The van der Waals surface area contributed by atoms with Gasteiger partial charge in [-0.25, -0.2) is 8.42 Å². The van der Waals surface area contributed by atoms with E-state index in [4.69, 9.17) is 5.73 Å². The van der Waals surface area contributed by atoms with E-state index in [2.05, 4.69) is 4.90 Å². The van der Waals surface area contributed by atoms with Gasteiger partial charge < -0.3 is 10.6 Å². The summed E-state index contributed by atoms with van der Waals surface area (Å²) in [5.41, 5.74) is 7.61. The minimum absolute atomic E-state index is 0.0230. The summed E-state index contributed by atoms with van der Waals surface area (Å²) >= 11 is 0. The molecule has 1 fully saturated rings. The van der Waals surface area contributed by atoms with Crippen LogP contribution in [-0.2, 0) is 16.6 Å². The van der Waals surface area contributed by atoms with E-state index in [0.717, 1.165) is 30.6 Å². The third-order valence-corrected chi connectivity index (χ3v) is 6.14. The Kier molecular flexibility index (Phi) is 5.03. The first-order chi connectivity index (χ1) is 9.86. The molecule has 6 heteroatoms. The minimum Gasteiger partial charge on any atom is -0.326 e. The van der Waals surface area contributed by atoms with E-state index in [1.165, 1.54) is 0 Å². The van der Waals surface area contributed by atoms with Gasteiger partial charge in [-0.05, 0) is 57.1 Å². The molecular weight excluding hydrogens is 286 g/mol. The highest BCUT2D eigenvalue weighted by atomic mass is 32.2. The third-order valence-electron chi connectivity index (χ3n) is 4.13. The summed E-state index contributed by atoms with van der Waals surface area (Å²) in [6, 6.07) is 5.21. The number of benzene rings is 1. The summed E-state index contributed by atoms with van der Waals surface area (Å²) in [5.74, 6) is 0. The maximum atomic E-state index is 12.9. The molecule has 2 rings (SSSR count). The van der Waals surface area contributed by atoms with E-state index in [0.29, 0.717) is 18.0 Å². The Hall–Kier alpha value is -0.950. The molecule has 0 aliphatic carbocycles. The number of likely N-dealkylation sites (N-methyl/N-ethyl adjacent to an activating group) is 1. The van der Waals surface area contributed by atoms with Crippen LogP contribution in [0.1, 0.15) is 24.5 Å². The molecule has 1 atom stereocenters. The number of aryl methyl sites for hydroxylation is 1. The van der Waals surface area contributed by atoms with Crippen molar-refractivity contribution in [3.8, 4) is 0 Å². The monoisotopic (exact) mass is 311 g/mol. The van der Waals surface area contributed by atoms with Gasteiger partial charge in [-0.15, -0.1) is 0 Å². The first-order valence-electron chi connectivity index (χ1n) is 7.36. The fourth-order valence-electron chi connectivity index (χ4n) is 2.87. The highest BCUT2D eigenvalue weighted by Gasteiger charge is 2.31. The van der Waals surface area contributed by atoms with Crippen LogP contribution in [0.5, 0.6) is 0 Å². The van der Waals surface area contributed by atoms with E-state index >= 15 is 0 Å².